The van der Waals surface area contributed by atoms with E-state index < -0.39 is 0 Å². The summed E-state index contributed by atoms with van der Waals surface area (Å²) in [5.74, 6) is 1.75. The molecule has 7 heteroatoms. The molecular weight excluding hydrogens is 319 g/mol. The number of anilines is 1. The molecule has 1 aromatic carbocycles. The first-order chi connectivity index (χ1) is 12.2. The van der Waals surface area contributed by atoms with Crippen molar-refractivity contribution in [3.05, 3.63) is 48.3 Å². The minimum absolute atomic E-state index is 0.167. The van der Waals surface area contributed by atoms with Gasteiger partial charge < -0.3 is 9.88 Å². The average molecular weight is 338 g/mol. The Kier molecular flexibility index (Phi) is 3.24. The summed E-state index contributed by atoms with van der Waals surface area (Å²) in [4.78, 5) is 20.7. The van der Waals surface area contributed by atoms with Gasteiger partial charge in [-0.25, -0.2) is 19.3 Å². The molecule has 4 heterocycles. The molecule has 3 atom stereocenters. The topological polar surface area (TPSA) is 60.9 Å². The van der Waals surface area contributed by atoms with E-state index in [-0.39, 0.29) is 11.9 Å². The van der Waals surface area contributed by atoms with Crippen molar-refractivity contribution in [1.82, 2.24) is 24.8 Å². The van der Waals surface area contributed by atoms with E-state index in [1.165, 1.54) is 6.07 Å². The van der Waals surface area contributed by atoms with Crippen molar-refractivity contribution in [2.75, 3.05) is 31.6 Å². The molecule has 25 heavy (non-hydrogen) atoms. The average Bonchev–Trinajstić information content (AvgIpc) is 3.27. The molecule has 0 radical (unpaired) electrons. The largest absolute Gasteiger partial charge is 0.354 e. The number of aromatic amines is 1. The second-order valence-corrected chi connectivity index (χ2v) is 7.07. The lowest BCUT2D eigenvalue weighted by atomic mass is 9.89. The lowest BCUT2D eigenvalue weighted by Crippen LogP contribution is -2.29. The van der Waals surface area contributed by atoms with Gasteiger partial charge in [-0.1, -0.05) is 12.1 Å². The molecule has 2 aromatic heterocycles. The van der Waals surface area contributed by atoms with Crippen LogP contribution in [0.4, 0.5) is 10.2 Å². The van der Waals surface area contributed by atoms with Crippen LogP contribution >= 0.6 is 0 Å². The Morgan fingerprint density at radius 1 is 1.16 bits per heavy atom. The Bertz CT molecular complexity index is 925. The van der Waals surface area contributed by atoms with E-state index >= 15 is 0 Å². The zero-order valence-corrected chi connectivity index (χ0v) is 13.9. The van der Waals surface area contributed by atoms with Crippen LogP contribution in [0.1, 0.15) is 11.6 Å². The lowest BCUT2D eigenvalue weighted by Gasteiger charge is -2.27. The van der Waals surface area contributed by atoms with Gasteiger partial charge in [0.15, 0.2) is 11.5 Å². The van der Waals surface area contributed by atoms with Crippen LogP contribution in [0.3, 0.4) is 0 Å². The molecule has 2 saturated heterocycles. The molecule has 2 fully saturated rings. The van der Waals surface area contributed by atoms with Crippen LogP contribution in [0.25, 0.3) is 11.2 Å². The molecule has 0 saturated carbocycles. The summed E-state index contributed by atoms with van der Waals surface area (Å²) in [7, 11) is 2.13. The van der Waals surface area contributed by atoms with E-state index in [1.54, 1.807) is 24.8 Å². The molecule has 6 nitrogen and oxygen atoms in total. The first-order valence-corrected chi connectivity index (χ1v) is 8.55. The van der Waals surface area contributed by atoms with Crippen molar-refractivity contribution in [3.8, 4) is 0 Å². The van der Waals surface area contributed by atoms with Gasteiger partial charge in [-0.3, -0.25) is 4.90 Å². The highest BCUT2D eigenvalue weighted by Crippen LogP contribution is 2.45. The second kappa shape index (κ2) is 5.49. The number of nitrogens with one attached hydrogen (secondary N) is 1. The zero-order chi connectivity index (χ0) is 17.0. The van der Waals surface area contributed by atoms with Gasteiger partial charge in [0.05, 0.1) is 6.33 Å². The number of benzene rings is 1. The van der Waals surface area contributed by atoms with E-state index in [1.807, 2.05) is 6.07 Å². The Balaban J connectivity index is 1.47. The van der Waals surface area contributed by atoms with Crippen LogP contribution in [0.15, 0.2) is 36.9 Å². The van der Waals surface area contributed by atoms with Crippen LogP contribution in [-0.2, 0) is 0 Å². The van der Waals surface area contributed by atoms with Crippen molar-refractivity contribution in [2.45, 2.75) is 6.04 Å². The van der Waals surface area contributed by atoms with E-state index in [4.69, 9.17) is 0 Å². The quantitative estimate of drug-likeness (QED) is 0.776. The van der Waals surface area contributed by atoms with Crippen LogP contribution in [0.2, 0.25) is 0 Å². The minimum atomic E-state index is -0.167. The van der Waals surface area contributed by atoms with E-state index in [2.05, 4.69) is 36.8 Å². The molecule has 0 spiro atoms. The van der Waals surface area contributed by atoms with Crippen LogP contribution in [-0.4, -0.2) is 51.5 Å². The number of hydrogen-bond acceptors (Lipinski definition) is 5. The summed E-state index contributed by atoms with van der Waals surface area (Å²) in [6, 6.07) is 7.26. The van der Waals surface area contributed by atoms with E-state index in [0.29, 0.717) is 17.5 Å². The number of aromatic nitrogens is 4. The van der Waals surface area contributed by atoms with Crippen molar-refractivity contribution in [2.24, 2.45) is 11.8 Å². The normalized spacial score (nSPS) is 26.5. The predicted molar refractivity (Wildman–Crippen MR) is 92.6 cm³/mol. The van der Waals surface area contributed by atoms with Crippen LogP contribution in [0, 0.1) is 17.7 Å². The van der Waals surface area contributed by atoms with E-state index in [9.17, 15) is 4.39 Å². The number of imidazole rings is 1. The van der Waals surface area contributed by atoms with Gasteiger partial charge >= 0.3 is 0 Å². The molecule has 1 N–H and O–H groups in total. The van der Waals surface area contributed by atoms with Gasteiger partial charge in [0.1, 0.15) is 17.7 Å². The maximum Gasteiger partial charge on any atom is 0.182 e. The number of rotatable bonds is 2. The Labute approximate surface area is 144 Å². The highest BCUT2D eigenvalue weighted by molar-refractivity contribution is 5.82. The number of hydrogen-bond donors (Lipinski definition) is 1. The molecule has 0 unspecified atom stereocenters. The zero-order valence-electron chi connectivity index (χ0n) is 13.9. The standard InChI is InChI=1S/C18H19FN6/c1-24-6-12-7-25(18-15-17(21-9-20-15)22-10-23-18)8-14(12)16(24)11-3-2-4-13(19)5-11/h2-5,9-10,12,14,16H,6-8H2,1H3,(H,20,21,22,23)/t12-,14+,16-/m0/s1. The molecule has 0 bridgehead atoms. The maximum absolute atomic E-state index is 13.7. The molecular formula is C18H19FN6. The Hall–Kier alpha value is -2.54. The van der Waals surface area contributed by atoms with Gasteiger partial charge in [-0.05, 0) is 30.7 Å². The summed E-state index contributed by atoms with van der Waals surface area (Å²) >= 11 is 0. The number of halogens is 1. The minimum Gasteiger partial charge on any atom is -0.354 e. The van der Waals surface area contributed by atoms with Crippen LogP contribution < -0.4 is 4.90 Å². The monoisotopic (exact) mass is 338 g/mol. The van der Waals surface area contributed by atoms with Gasteiger partial charge in [0, 0.05) is 31.6 Å². The third kappa shape index (κ3) is 2.30. The maximum atomic E-state index is 13.7. The molecule has 128 valence electrons. The third-order valence-corrected chi connectivity index (χ3v) is 5.59. The Morgan fingerprint density at radius 3 is 2.96 bits per heavy atom. The fourth-order valence-electron chi connectivity index (χ4n) is 4.61. The lowest BCUT2D eigenvalue weighted by molar-refractivity contribution is 0.279. The van der Waals surface area contributed by atoms with Crippen molar-refractivity contribution in [1.29, 1.82) is 0 Å². The summed E-state index contributed by atoms with van der Waals surface area (Å²) < 4.78 is 13.7. The van der Waals surface area contributed by atoms with Gasteiger partial charge in [-0.15, -0.1) is 0 Å². The van der Waals surface area contributed by atoms with Gasteiger partial charge in [-0.2, -0.15) is 0 Å². The van der Waals surface area contributed by atoms with Gasteiger partial charge in [0.2, 0.25) is 0 Å². The molecule has 2 aliphatic rings. The first kappa shape index (κ1) is 14.8. The first-order valence-electron chi connectivity index (χ1n) is 8.55. The van der Waals surface area contributed by atoms with E-state index in [0.717, 1.165) is 36.5 Å². The van der Waals surface area contributed by atoms with Crippen molar-refractivity contribution < 1.29 is 4.39 Å². The molecule has 5 rings (SSSR count). The highest BCUT2D eigenvalue weighted by atomic mass is 19.1. The smallest absolute Gasteiger partial charge is 0.182 e. The molecule has 3 aromatic rings. The molecule has 0 aliphatic carbocycles. The number of likely N-dealkylation sites (tertiary alicyclic amines) is 1. The second-order valence-electron chi connectivity index (χ2n) is 7.07. The van der Waals surface area contributed by atoms with Crippen molar-refractivity contribution >= 4 is 17.0 Å². The third-order valence-electron chi connectivity index (χ3n) is 5.59. The SMILES string of the molecule is CN1C[C@H]2CN(c3ncnc4nc[nH]c34)C[C@H]2[C@@H]1c1cccc(F)c1. The fraction of sp³-hybridized carbons (Fsp3) is 0.389. The molecule has 0 amide bonds. The van der Waals surface area contributed by atoms with Gasteiger partial charge in [0.25, 0.3) is 0 Å². The summed E-state index contributed by atoms with van der Waals surface area (Å²) in [5.41, 5.74) is 2.64. The summed E-state index contributed by atoms with van der Waals surface area (Å²) in [6.07, 6.45) is 3.23. The number of fused-ring (bicyclic) bond motifs is 2. The Morgan fingerprint density at radius 2 is 2.08 bits per heavy atom. The summed E-state index contributed by atoms with van der Waals surface area (Å²) in [5, 5.41) is 0. The number of H-pyrrole nitrogens is 1. The van der Waals surface area contributed by atoms with Crippen LogP contribution in [0.5, 0.6) is 0 Å². The fourth-order valence-corrected chi connectivity index (χ4v) is 4.61. The summed E-state index contributed by atoms with van der Waals surface area (Å²) in [6.45, 7) is 2.87. The molecule has 2 aliphatic heterocycles. The predicted octanol–water partition coefficient (Wildman–Crippen LogP) is 2.23. The highest BCUT2D eigenvalue weighted by Gasteiger charge is 2.46. The van der Waals surface area contributed by atoms with Crippen molar-refractivity contribution in [3.63, 3.8) is 0 Å². The number of nitrogens with zero attached hydrogens (tertiary/aromatic N) is 5.